The Morgan fingerprint density at radius 1 is 1.37 bits per heavy atom. The van der Waals surface area contributed by atoms with Crippen molar-refractivity contribution in [2.75, 3.05) is 18.5 Å². The van der Waals surface area contributed by atoms with Gasteiger partial charge in [-0.05, 0) is 6.07 Å². The van der Waals surface area contributed by atoms with E-state index in [0.717, 1.165) is 18.2 Å². The van der Waals surface area contributed by atoms with Gasteiger partial charge in [0, 0.05) is 12.1 Å². The second-order valence-electron chi connectivity index (χ2n) is 3.39. The third-order valence-corrected chi connectivity index (χ3v) is 1.92. The summed E-state index contributed by atoms with van der Waals surface area (Å²) in [4.78, 5) is 31.3. The summed E-state index contributed by atoms with van der Waals surface area (Å²) in [6, 6.07) is 3.11. The number of anilines is 1. The minimum atomic E-state index is -1.23. The zero-order valence-corrected chi connectivity index (χ0v) is 9.53. The van der Waals surface area contributed by atoms with Crippen molar-refractivity contribution in [2.24, 2.45) is 0 Å². The summed E-state index contributed by atoms with van der Waals surface area (Å²) in [5.74, 6) is -2.32. The highest BCUT2D eigenvalue weighted by atomic mass is 16.6. The maximum Gasteiger partial charge on any atom is 0.329 e. The van der Waals surface area contributed by atoms with E-state index < -0.39 is 30.0 Å². The van der Waals surface area contributed by atoms with Crippen LogP contribution < -0.4 is 5.32 Å². The number of hydrogen-bond acceptors (Lipinski definition) is 6. The van der Waals surface area contributed by atoms with E-state index in [4.69, 9.17) is 5.11 Å². The van der Waals surface area contributed by atoms with Gasteiger partial charge in [-0.2, -0.15) is 0 Å². The Bertz CT molecular complexity index is 515. The molecule has 0 spiro atoms. The number of benzene rings is 1. The summed E-state index contributed by atoms with van der Waals surface area (Å²) in [6.07, 6.45) is 0. The first-order valence-corrected chi connectivity index (χ1v) is 4.97. The second kappa shape index (κ2) is 6.31. The molecule has 19 heavy (non-hydrogen) atoms. The van der Waals surface area contributed by atoms with Crippen LogP contribution in [0, 0.1) is 10.1 Å². The maximum atomic E-state index is 11.3. The minimum Gasteiger partial charge on any atom is -0.506 e. The molecule has 0 aliphatic heterocycles. The minimum absolute atomic E-state index is 0.155. The number of carboxylic acids is 1. The lowest BCUT2D eigenvalue weighted by molar-refractivity contribution is -0.384. The summed E-state index contributed by atoms with van der Waals surface area (Å²) in [5.41, 5.74) is -0.460. The number of nitrogens with one attached hydrogen (secondary N) is 1. The van der Waals surface area contributed by atoms with E-state index in [1.165, 1.54) is 0 Å². The van der Waals surface area contributed by atoms with E-state index in [-0.39, 0.29) is 17.1 Å². The Morgan fingerprint density at radius 2 is 2.05 bits per heavy atom. The number of amides is 1. The third-order valence-electron chi connectivity index (χ3n) is 1.92. The molecule has 1 aromatic carbocycles. The Kier molecular flexibility index (Phi) is 4.77. The monoisotopic (exact) mass is 270 g/mol. The molecule has 102 valence electrons. The quantitative estimate of drug-likeness (QED) is 0.384. The van der Waals surface area contributed by atoms with Crippen LogP contribution in [0.25, 0.3) is 0 Å². The van der Waals surface area contributed by atoms with Crippen LogP contribution in [-0.2, 0) is 14.3 Å². The second-order valence-corrected chi connectivity index (χ2v) is 3.39. The lowest BCUT2D eigenvalue weighted by Crippen LogP contribution is -2.20. The van der Waals surface area contributed by atoms with Crippen LogP contribution in [0.15, 0.2) is 18.2 Å². The number of carboxylic acid groups (broad SMARTS) is 1. The number of carbonyl (C=O) groups excluding carboxylic acids is 1. The third kappa shape index (κ3) is 4.60. The fourth-order valence-corrected chi connectivity index (χ4v) is 1.16. The number of aromatic hydroxyl groups is 1. The molecule has 0 saturated heterocycles. The summed E-state index contributed by atoms with van der Waals surface area (Å²) >= 11 is 0. The summed E-state index contributed by atoms with van der Waals surface area (Å²) in [7, 11) is 0. The molecule has 0 saturated carbocycles. The normalized spacial score (nSPS) is 9.89. The number of rotatable bonds is 6. The van der Waals surface area contributed by atoms with Crippen molar-refractivity contribution < 1.29 is 29.5 Å². The van der Waals surface area contributed by atoms with Crippen LogP contribution >= 0.6 is 0 Å². The zero-order chi connectivity index (χ0) is 14.4. The first-order valence-electron chi connectivity index (χ1n) is 4.97. The molecule has 9 nitrogen and oxygen atoms in total. The largest absolute Gasteiger partial charge is 0.506 e. The number of nitrogens with zero attached hydrogens (tertiary/aromatic N) is 1. The average molecular weight is 270 g/mol. The molecule has 1 aromatic rings. The lowest BCUT2D eigenvalue weighted by atomic mass is 10.2. The van der Waals surface area contributed by atoms with Crippen LogP contribution in [-0.4, -0.2) is 40.2 Å². The Hall–Kier alpha value is -2.68. The van der Waals surface area contributed by atoms with E-state index in [2.05, 4.69) is 10.1 Å². The topological polar surface area (TPSA) is 139 Å². The van der Waals surface area contributed by atoms with Gasteiger partial charge in [0.1, 0.15) is 19.0 Å². The highest BCUT2D eigenvalue weighted by Gasteiger charge is 2.12. The number of non-ortho nitro benzene ring substituents is 1. The molecule has 3 N–H and O–H groups in total. The van der Waals surface area contributed by atoms with Gasteiger partial charge in [-0.3, -0.25) is 14.9 Å². The number of nitro groups is 1. The number of phenolic OH excluding ortho intramolecular Hbond substituents is 1. The van der Waals surface area contributed by atoms with E-state index in [1.807, 2.05) is 0 Å². The van der Waals surface area contributed by atoms with Gasteiger partial charge in [0.25, 0.3) is 5.69 Å². The Morgan fingerprint density at radius 3 is 2.63 bits per heavy atom. The fourth-order valence-electron chi connectivity index (χ4n) is 1.16. The van der Waals surface area contributed by atoms with E-state index in [9.17, 15) is 24.8 Å². The smallest absolute Gasteiger partial charge is 0.329 e. The molecule has 0 aliphatic rings. The molecular formula is C10H10N2O7. The van der Waals surface area contributed by atoms with Crippen molar-refractivity contribution in [2.45, 2.75) is 0 Å². The molecule has 0 radical (unpaired) electrons. The standard InChI is InChI=1S/C10H10N2O7/c13-8-2-1-6(12(17)18)3-7(8)11-9(14)4-19-5-10(15)16/h1-3,13H,4-5H2,(H,11,14)(H,15,16). The van der Waals surface area contributed by atoms with Crippen LogP contribution in [0.4, 0.5) is 11.4 Å². The molecule has 0 unspecified atom stereocenters. The lowest BCUT2D eigenvalue weighted by Gasteiger charge is -2.06. The van der Waals surface area contributed by atoms with Gasteiger partial charge in [-0.1, -0.05) is 0 Å². The molecule has 0 bridgehead atoms. The van der Waals surface area contributed by atoms with Crippen LogP contribution in [0.5, 0.6) is 5.75 Å². The number of phenols is 1. The fraction of sp³-hybridized carbons (Fsp3) is 0.200. The van der Waals surface area contributed by atoms with Crippen LogP contribution in [0.1, 0.15) is 0 Å². The summed E-state index contributed by atoms with van der Waals surface area (Å²) < 4.78 is 4.52. The molecule has 0 aliphatic carbocycles. The van der Waals surface area contributed by atoms with Gasteiger partial charge in [-0.25, -0.2) is 4.79 Å². The number of ether oxygens (including phenoxy) is 1. The van der Waals surface area contributed by atoms with Gasteiger partial charge < -0.3 is 20.3 Å². The molecule has 0 fully saturated rings. The highest BCUT2D eigenvalue weighted by Crippen LogP contribution is 2.27. The van der Waals surface area contributed by atoms with E-state index in [1.54, 1.807) is 0 Å². The summed E-state index contributed by atoms with van der Waals surface area (Å²) in [6.45, 7) is -1.19. The van der Waals surface area contributed by atoms with Crippen LogP contribution in [0.2, 0.25) is 0 Å². The molecule has 9 heteroatoms. The Labute approximate surface area is 106 Å². The number of carbonyl (C=O) groups is 2. The molecule has 0 atom stereocenters. The van der Waals surface area contributed by atoms with Crippen molar-refractivity contribution in [3.05, 3.63) is 28.3 Å². The zero-order valence-electron chi connectivity index (χ0n) is 9.53. The van der Waals surface area contributed by atoms with Crippen molar-refractivity contribution in [3.63, 3.8) is 0 Å². The highest BCUT2D eigenvalue weighted by molar-refractivity contribution is 5.93. The van der Waals surface area contributed by atoms with Gasteiger partial charge >= 0.3 is 5.97 Å². The van der Waals surface area contributed by atoms with Crippen molar-refractivity contribution in [1.82, 2.24) is 0 Å². The average Bonchev–Trinajstić information content (AvgIpc) is 2.31. The first-order chi connectivity index (χ1) is 8.90. The number of aliphatic carboxylic acids is 1. The number of hydrogen-bond donors (Lipinski definition) is 3. The van der Waals surface area contributed by atoms with Crippen molar-refractivity contribution >= 4 is 23.3 Å². The van der Waals surface area contributed by atoms with Gasteiger partial charge in [0.15, 0.2) is 0 Å². The molecule has 0 aromatic heterocycles. The van der Waals surface area contributed by atoms with E-state index >= 15 is 0 Å². The van der Waals surface area contributed by atoms with Crippen molar-refractivity contribution in [1.29, 1.82) is 0 Å². The van der Waals surface area contributed by atoms with Gasteiger partial charge in [0.2, 0.25) is 5.91 Å². The van der Waals surface area contributed by atoms with Crippen molar-refractivity contribution in [3.8, 4) is 5.75 Å². The SMILES string of the molecule is O=C(O)COCC(=O)Nc1cc([N+](=O)[O-])ccc1O. The van der Waals surface area contributed by atoms with Crippen LogP contribution in [0.3, 0.4) is 0 Å². The molecular weight excluding hydrogens is 260 g/mol. The number of nitro benzene ring substituents is 1. The van der Waals surface area contributed by atoms with Gasteiger partial charge in [-0.15, -0.1) is 0 Å². The molecule has 1 amide bonds. The molecule has 1 rings (SSSR count). The van der Waals surface area contributed by atoms with E-state index in [0.29, 0.717) is 0 Å². The molecule has 0 heterocycles. The Balaban J connectivity index is 2.65. The first kappa shape index (κ1) is 14.4. The van der Waals surface area contributed by atoms with Gasteiger partial charge in [0.05, 0.1) is 10.6 Å². The predicted molar refractivity (Wildman–Crippen MR) is 61.8 cm³/mol. The predicted octanol–water partition coefficient (Wildman–Crippen LogP) is 0.340. The maximum absolute atomic E-state index is 11.3. The summed E-state index contributed by atoms with van der Waals surface area (Å²) in [5, 5.41) is 30.4.